The zero-order valence-electron chi connectivity index (χ0n) is 47.4. The van der Waals surface area contributed by atoms with Gasteiger partial charge in [-0.25, -0.2) is 0 Å². The van der Waals surface area contributed by atoms with E-state index in [2.05, 4.69) is 50.3 Å². The summed E-state index contributed by atoms with van der Waals surface area (Å²) in [4.78, 5) is 37.9. The Hall–Kier alpha value is -1.77. The van der Waals surface area contributed by atoms with Crippen molar-refractivity contribution >= 4 is 19.8 Å². The van der Waals surface area contributed by atoms with E-state index >= 15 is 0 Å². The second-order valence-electron chi connectivity index (χ2n) is 21.7. The number of likely N-dealkylation sites (N-methyl/N-ethyl adjacent to an activating group) is 1. The van der Waals surface area contributed by atoms with Gasteiger partial charge >= 0.3 is 11.9 Å². The smallest absolute Gasteiger partial charge is 0.306 e. The Bertz CT molecular complexity index is 1300. The first-order chi connectivity index (χ1) is 34.5. The van der Waals surface area contributed by atoms with Crippen LogP contribution in [0.25, 0.3) is 0 Å². The Labute approximate surface area is 440 Å². The number of hydrogen-bond donors (Lipinski definition) is 0. The number of carbonyl (C=O) groups is 2. The van der Waals surface area contributed by atoms with E-state index in [1.165, 1.54) is 199 Å². The van der Waals surface area contributed by atoms with Crippen molar-refractivity contribution in [1.82, 2.24) is 0 Å². The van der Waals surface area contributed by atoms with Crippen molar-refractivity contribution in [3.05, 3.63) is 36.5 Å². The second-order valence-corrected chi connectivity index (χ2v) is 23.1. The van der Waals surface area contributed by atoms with Crippen LogP contribution in [0.3, 0.4) is 0 Å². The summed E-state index contributed by atoms with van der Waals surface area (Å²) in [6.45, 7) is 4.27. The van der Waals surface area contributed by atoms with E-state index in [1.807, 2.05) is 21.1 Å². The molecule has 0 aromatic carbocycles. The maximum Gasteiger partial charge on any atom is 0.306 e. The van der Waals surface area contributed by atoms with Gasteiger partial charge in [0.2, 0.25) is 0 Å². The molecule has 0 radical (unpaired) electrons. The average molecular weight is 1020 g/mol. The molecule has 0 spiro atoms. The van der Waals surface area contributed by atoms with Crippen LogP contribution in [0.1, 0.15) is 290 Å². The number of ether oxygens (including phenoxy) is 2. The molecule has 0 heterocycles. The van der Waals surface area contributed by atoms with Gasteiger partial charge in [-0.15, -0.1) is 0 Å². The van der Waals surface area contributed by atoms with Crippen molar-refractivity contribution < 1.29 is 42.1 Å². The van der Waals surface area contributed by atoms with Crippen molar-refractivity contribution in [2.45, 2.75) is 296 Å². The Morgan fingerprint density at radius 2 is 0.761 bits per heavy atom. The minimum atomic E-state index is -4.64. The van der Waals surface area contributed by atoms with Crippen molar-refractivity contribution in [2.75, 3.05) is 47.5 Å². The van der Waals surface area contributed by atoms with Crippen LogP contribution in [0.2, 0.25) is 0 Å². The van der Waals surface area contributed by atoms with Crippen molar-refractivity contribution in [3.8, 4) is 0 Å². The Balaban J connectivity index is 4.13. The summed E-state index contributed by atoms with van der Waals surface area (Å²) in [7, 11) is 1.17. The number of hydrogen-bond acceptors (Lipinski definition) is 8. The van der Waals surface area contributed by atoms with Crippen molar-refractivity contribution in [2.24, 2.45) is 0 Å². The normalized spacial score (nSPS) is 13.5. The lowest BCUT2D eigenvalue weighted by atomic mass is 10.0. The number of esters is 2. The zero-order valence-corrected chi connectivity index (χ0v) is 48.3. The van der Waals surface area contributed by atoms with Crippen LogP contribution in [-0.4, -0.2) is 70.0 Å². The Morgan fingerprint density at radius 3 is 1.13 bits per heavy atom. The molecule has 0 N–H and O–H groups in total. The lowest BCUT2D eigenvalue weighted by Gasteiger charge is -2.28. The van der Waals surface area contributed by atoms with Gasteiger partial charge in [-0.3, -0.25) is 14.2 Å². The topological polar surface area (TPSA) is 111 Å². The molecular weight excluding hydrogens is 906 g/mol. The maximum atomic E-state index is 12.8. The maximum absolute atomic E-state index is 12.8. The molecule has 0 fully saturated rings. The summed E-state index contributed by atoms with van der Waals surface area (Å²) in [5.41, 5.74) is 0. The van der Waals surface area contributed by atoms with Gasteiger partial charge in [0.25, 0.3) is 7.82 Å². The molecular formula is C61H116NO8P. The van der Waals surface area contributed by atoms with Crippen molar-refractivity contribution in [3.63, 3.8) is 0 Å². The summed E-state index contributed by atoms with van der Waals surface area (Å²) in [5, 5.41) is 0. The fourth-order valence-electron chi connectivity index (χ4n) is 8.72. The van der Waals surface area contributed by atoms with Crippen LogP contribution in [0, 0.1) is 0 Å². The molecule has 0 aliphatic heterocycles. The highest BCUT2D eigenvalue weighted by Crippen LogP contribution is 2.38. The summed E-state index contributed by atoms with van der Waals surface area (Å²) in [6, 6.07) is 0. The molecule has 0 amide bonds. The van der Waals surface area contributed by atoms with Gasteiger partial charge in [-0.2, -0.15) is 0 Å². The first-order valence-electron chi connectivity index (χ1n) is 30.2. The molecule has 0 aromatic heterocycles. The molecule has 0 bridgehead atoms. The molecule has 2 atom stereocenters. The largest absolute Gasteiger partial charge is 0.756 e. The van der Waals surface area contributed by atoms with E-state index < -0.39 is 26.5 Å². The lowest BCUT2D eigenvalue weighted by Crippen LogP contribution is -2.37. The first-order valence-corrected chi connectivity index (χ1v) is 31.7. The Morgan fingerprint density at radius 1 is 0.437 bits per heavy atom. The molecule has 71 heavy (non-hydrogen) atoms. The summed E-state index contributed by atoms with van der Waals surface area (Å²) < 4.78 is 34.2. The SMILES string of the molecule is CCCCCCC/C=C\C/C=C\C/C=C\CCCCCCCCCCCCC(=O)OC(COC(=O)CCCCCCCCCCCCCCCCCCCCCCCC)COP(=O)([O-])OCC[N+](C)(C)C. The summed E-state index contributed by atoms with van der Waals surface area (Å²) in [6.07, 6.45) is 64.7. The highest BCUT2D eigenvalue weighted by molar-refractivity contribution is 7.45. The molecule has 2 unspecified atom stereocenters. The highest BCUT2D eigenvalue weighted by atomic mass is 31.2. The van der Waals surface area contributed by atoms with E-state index in [1.54, 1.807) is 0 Å². The lowest BCUT2D eigenvalue weighted by molar-refractivity contribution is -0.870. The van der Waals surface area contributed by atoms with Crippen LogP contribution in [0.15, 0.2) is 36.5 Å². The molecule has 10 heteroatoms. The van der Waals surface area contributed by atoms with Crippen molar-refractivity contribution in [1.29, 1.82) is 0 Å². The van der Waals surface area contributed by atoms with E-state index in [4.69, 9.17) is 18.5 Å². The molecule has 0 aromatic rings. The number of phosphoric acid groups is 1. The van der Waals surface area contributed by atoms with Gasteiger partial charge in [0.15, 0.2) is 6.10 Å². The number of nitrogens with zero attached hydrogens (tertiary/aromatic N) is 1. The minimum absolute atomic E-state index is 0.0301. The van der Waals surface area contributed by atoms with E-state index in [0.29, 0.717) is 17.4 Å². The highest BCUT2D eigenvalue weighted by Gasteiger charge is 2.22. The number of rotatable bonds is 56. The van der Waals surface area contributed by atoms with E-state index in [-0.39, 0.29) is 32.0 Å². The van der Waals surface area contributed by atoms with E-state index in [9.17, 15) is 19.0 Å². The molecule has 0 aliphatic rings. The van der Waals surface area contributed by atoms with Gasteiger partial charge in [-0.05, 0) is 51.4 Å². The summed E-state index contributed by atoms with van der Waals surface area (Å²) in [5.74, 6) is -0.823. The third kappa shape index (κ3) is 57.4. The second kappa shape index (κ2) is 53.1. The van der Waals surface area contributed by atoms with Gasteiger partial charge in [0.1, 0.15) is 19.8 Å². The van der Waals surface area contributed by atoms with Gasteiger partial charge in [0, 0.05) is 12.8 Å². The van der Waals surface area contributed by atoms with Crippen LogP contribution in [-0.2, 0) is 32.7 Å². The van der Waals surface area contributed by atoms with Gasteiger partial charge in [-0.1, -0.05) is 262 Å². The van der Waals surface area contributed by atoms with Gasteiger partial charge in [0.05, 0.1) is 27.7 Å². The average Bonchev–Trinajstić information content (AvgIpc) is 3.33. The third-order valence-electron chi connectivity index (χ3n) is 13.4. The Kier molecular flexibility index (Phi) is 51.7. The van der Waals surface area contributed by atoms with Crippen LogP contribution in [0.4, 0.5) is 0 Å². The first kappa shape index (κ1) is 69.2. The van der Waals surface area contributed by atoms with Gasteiger partial charge < -0.3 is 27.9 Å². The standard InChI is InChI=1S/C61H116NO8P/c1-6-8-10-12-14-16-18-20-22-24-26-28-30-31-32-34-36-38-40-42-44-46-48-50-52-54-61(64)70-59(58-69-71(65,66)68-56-55-62(3,4)5)57-67-60(63)53-51-49-47-45-43-41-39-37-35-33-29-27-25-23-21-19-17-15-13-11-9-7-2/h18,20,24,26,30-31,59H,6-17,19,21-23,25,27-29,32-58H2,1-5H3/b20-18-,26-24-,31-30-. The predicted octanol–water partition coefficient (Wildman–Crippen LogP) is 18.1. The number of unbranched alkanes of at least 4 members (excludes halogenated alkanes) is 36. The molecule has 0 aliphatic carbocycles. The third-order valence-corrected chi connectivity index (χ3v) is 14.4. The quantitative estimate of drug-likeness (QED) is 0.0195. The monoisotopic (exact) mass is 1020 g/mol. The summed E-state index contributed by atoms with van der Waals surface area (Å²) >= 11 is 0. The molecule has 0 rings (SSSR count). The van der Waals surface area contributed by atoms with Crippen LogP contribution < -0.4 is 4.89 Å². The number of quaternary nitrogens is 1. The fraction of sp³-hybridized carbons (Fsp3) is 0.869. The number of phosphoric ester groups is 1. The molecule has 0 saturated heterocycles. The van der Waals surface area contributed by atoms with Crippen LogP contribution >= 0.6 is 7.82 Å². The van der Waals surface area contributed by atoms with E-state index in [0.717, 1.165) is 57.8 Å². The number of carbonyl (C=O) groups excluding carboxylic acids is 2. The van der Waals surface area contributed by atoms with Crippen LogP contribution in [0.5, 0.6) is 0 Å². The zero-order chi connectivity index (χ0) is 52.0. The molecule has 418 valence electrons. The predicted molar refractivity (Wildman–Crippen MR) is 301 cm³/mol. The number of allylic oxidation sites excluding steroid dienone is 6. The fourth-order valence-corrected chi connectivity index (χ4v) is 9.45. The molecule has 0 saturated carbocycles. The minimum Gasteiger partial charge on any atom is -0.756 e. The molecule has 9 nitrogen and oxygen atoms in total.